The van der Waals surface area contributed by atoms with Crippen LogP contribution in [0.5, 0.6) is 0 Å². The summed E-state index contributed by atoms with van der Waals surface area (Å²) in [5.74, 6) is 1.06. The van der Waals surface area contributed by atoms with E-state index < -0.39 is 0 Å². The fraction of sp³-hybridized carbons (Fsp3) is 0.407. The summed E-state index contributed by atoms with van der Waals surface area (Å²) in [6.07, 6.45) is 7.13. The largest absolute Gasteiger partial charge is 0.369 e. The number of aromatic nitrogens is 4. The van der Waals surface area contributed by atoms with Gasteiger partial charge in [0.05, 0.1) is 23.5 Å². The number of piperidine rings is 1. The van der Waals surface area contributed by atoms with E-state index in [9.17, 15) is 9.59 Å². The van der Waals surface area contributed by atoms with Gasteiger partial charge in [0, 0.05) is 73.9 Å². The summed E-state index contributed by atoms with van der Waals surface area (Å²) in [5, 5.41) is 3.40. The van der Waals surface area contributed by atoms with Gasteiger partial charge in [-0.05, 0) is 44.9 Å². The van der Waals surface area contributed by atoms with E-state index in [1.54, 1.807) is 25.5 Å². The second kappa shape index (κ2) is 10.1. The molecule has 5 rings (SSSR count). The first kappa shape index (κ1) is 24.6. The number of nitrogens with two attached hydrogens (primary N) is 1. The molecule has 5 heterocycles. The van der Waals surface area contributed by atoms with Crippen LogP contribution in [0.4, 0.5) is 17.2 Å². The number of likely N-dealkylation sites (tertiary alicyclic amines) is 1. The number of rotatable bonds is 6. The summed E-state index contributed by atoms with van der Waals surface area (Å²) in [5.41, 5.74) is 9.74. The molecule has 2 fully saturated rings. The lowest BCUT2D eigenvalue weighted by Gasteiger charge is -2.39. The molecule has 2 aliphatic heterocycles. The maximum absolute atomic E-state index is 12.2. The highest BCUT2D eigenvalue weighted by Crippen LogP contribution is 2.33. The third kappa shape index (κ3) is 5.37. The molecule has 0 radical (unpaired) electrons. The molecule has 3 aromatic heterocycles. The molecule has 2 aliphatic rings. The molecule has 3 N–H and O–H groups in total. The van der Waals surface area contributed by atoms with Gasteiger partial charge in [0.2, 0.25) is 11.8 Å². The zero-order valence-corrected chi connectivity index (χ0v) is 21.4. The van der Waals surface area contributed by atoms with Crippen molar-refractivity contribution in [1.82, 2.24) is 24.8 Å². The van der Waals surface area contributed by atoms with Crippen molar-refractivity contribution in [1.29, 1.82) is 0 Å². The van der Waals surface area contributed by atoms with Gasteiger partial charge in [0.25, 0.3) is 0 Å². The van der Waals surface area contributed by atoms with Crippen LogP contribution in [0.25, 0.3) is 11.3 Å². The van der Waals surface area contributed by atoms with Crippen LogP contribution in [-0.4, -0.2) is 62.3 Å². The Kier molecular flexibility index (Phi) is 6.73. The van der Waals surface area contributed by atoms with Gasteiger partial charge < -0.3 is 20.9 Å². The molecule has 192 valence electrons. The third-order valence-electron chi connectivity index (χ3n) is 7.23. The van der Waals surface area contributed by atoms with E-state index in [1.807, 2.05) is 36.1 Å². The number of anilines is 3. The summed E-state index contributed by atoms with van der Waals surface area (Å²) in [4.78, 5) is 46.2. The smallest absolute Gasteiger partial charge is 0.224 e. The molecule has 10 nitrogen and oxygen atoms in total. The van der Waals surface area contributed by atoms with Crippen LogP contribution >= 0.6 is 0 Å². The molecule has 3 aromatic rings. The molecule has 2 saturated heterocycles. The summed E-state index contributed by atoms with van der Waals surface area (Å²) in [6, 6.07) is 8.01. The molecule has 0 unspecified atom stereocenters. The van der Waals surface area contributed by atoms with Crippen LogP contribution in [0.15, 0.2) is 42.9 Å². The maximum Gasteiger partial charge on any atom is 0.224 e. The molecule has 10 heteroatoms. The minimum absolute atomic E-state index is 0.0302. The van der Waals surface area contributed by atoms with Crippen LogP contribution in [-0.2, 0) is 9.59 Å². The van der Waals surface area contributed by atoms with Crippen molar-refractivity contribution in [3.63, 3.8) is 0 Å². The van der Waals surface area contributed by atoms with Crippen molar-refractivity contribution in [2.24, 2.45) is 11.7 Å². The SMILES string of the molecule is CC(=O)N1C[C@H](c2nc(Nc3ccnc(C)c3)cc(-c3cncc(N4CC(C(N)=O)C4)c3)n2)CC[C@@H]1C. The fourth-order valence-corrected chi connectivity index (χ4v) is 5.00. The number of aryl methyl sites for hydroxylation is 1. The van der Waals surface area contributed by atoms with E-state index in [4.69, 9.17) is 15.7 Å². The summed E-state index contributed by atoms with van der Waals surface area (Å²) in [6.45, 7) is 7.41. The van der Waals surface area contributed by atoms with Gasteiger partial charge in [0.1, 0.15) is 11.6 Å². The number of carbonyl (C=O) groups excluding carboxylic acids is 2. The monoisotopic (exact) mass is 500 g/mol. The Morgan fingerprint density at radius 1 is 1.08 bits per heavy atom. The Morgan fingerprint density at radius 2 is 1.89 bits per heavy atom. The second-order valence-electron chi connectivity index (χ2n) is 10.0. The van der Waals surface area contributed by atoms with Gasteiger partial charge in [-0.1, -0.05) is 0 Å². The maximum atomic E-state index is 12.2. The van der Waals surface area contributed by atoms with Gasteiger partial charge in [-0.3, -0.25) is 19.6 Å². The van der Waals surface area contributed by atoms with E-state index in [2.05, 4.69) is 27.1 Å². The third-order valence-corrected chi connectivity index (χ3v) is 7.23. The average molecular weight is 501 g/mol. The number of primary amides is 1. The van der Waals surface area contributed by atoms with E-state index in [0.29, 0.717) is 31.3 Å². The molecule has 0 spiro atoms. The fourth-order valence-electron chi connectivity index (χ4n) is 5.00. The van der Waals surface area contributed by atoms with Crippen molar-refractivity contribution in [2.45, 2.75) is 45.6 Å². The van der Waals surface area contributed by atoms with Crippen LogP contribution in [0.3, 0.4) is 0 Å². The molecule has 2 amide bonds. The molecular weight excluding hydrogens is 468 g/mol. The van der Waals surface area contributed by atoms with E-state index in [0.717, 1.165) is 41.2 Å². The second-order valence-corrected chi connectivity index (χ2v) is 10.0. The van der Waals surface area contributed by atoms with Crippen molar-refractivity contribution >= 4 is 29.0 Å². The molecule has 0 aliphatic carbocycles. The summed E-state index contributed by atoms with van der Waals surface area (Å²) >= 11 is 0. The van der Waals surface area contributed by atoms with Crippen LogP contribution in [0.1, 0.15) is 44.1 Å². The Hall–Kier alpha value is -4.08. The molecule has 37 heavy (non-hydrogen) atoms. The van der Waals surface area contributed by atoms with Gasteiger partial charge >= 0.3 is 0 Å². The predicted molar refractivity (Wildman–Crippen MR) is 141 cm³/mol. The van der Waals surface area contributed by atoms with Gasteiger partial charge in [0.15, 0.2) is 0 Å². The first-order chi connectivity index (χ1) is 17.8. The van der Waals surface area contributed by atoms with E-state index in [1.165, 1.54) is 0 Å². The first-order valence-corrected chi connectivity index (χ1v) is 12.6. The number of hydrogen-bond donors (Lipinski definition) is 2. The Balaban J connectivity index is 1.49. The Morgan fingerprint density at radius 3 is 2.62 bits per heavy atom. The predicted octanol–water partition coefficient (Wildman–Crippen LogP) is 3.02. The highest BCUT2D eigenvalue weighted by Gasteiger charge is 2.32. The Labute approximate surface area is 216 Å². The molecule has 0 saturated carbocycles. The average Bonchev–Trinajstić information content (AvgIpc) is 2.83. The minimum Gasteiger partial charge on any atom is -0.369 e. The number of nitrogens with one attached hydrogen (secondary N) is 1. The Bertz CT molecular complexity index is 1320. The van der Waals surface area contributed by atoms with Crippen molar-refractivity contribution < 1.29 is 9.59 Å². The molecule has 2 atom stereocenters. The zero-order valence-electron chi connectivity index (χ0n) is 21.4. The lowest BCUT2D eigenvalue weighted by atomic mass is 9.92. The normalized spacial score (nSPS) is 19.9. The number of nitrogens with zero attached hydrogens (tertiary/aromatic N) is 6. The summed E-state index contributed by atoms with van der Waals surface area (Å²) in [7, 11) is 0. The molecule has 0 bridgehead atoms. The highest BCUT2D eigenvalue weighted by atomic mass is 16.2. The lowest BCUT2D eigenvalue weighted by molar-refractivity contribution is -0.132. The number of amides is 2. The van der Waals surface area contributed by atoms with Crippen molar-refractivity contribution in [2.75, 3.05) is 29.9 Å². The van der Waals surface area contributed by atoms with Gasteiger partial charge in [-0.25, -0.2) is 9.97 Å². The molecular formula is C27H32N8O2. The minimum atomic E-state index is -0.274. The van der Waals surface area contributed by atoms with E-state index >= 15 is 0 Å². The number of pyridine rings is 2. The summed E-state index contributed by atoms with van der Waals surface area (Å²) < 4.78 is 0. The van der Waals surface area contributed by atoms with Crippen LogP contribution < -0.4 is 16.0 Å². The number of hydrogen-bond acceptors (Lipinski definition) is 8. The standard InChI is InChI=1S/C27H32N8O2/c1-16-8-22(6-7-30-16)31-25-10-24(20-9-23(12-29-11-20)34-13-21(14-34)26(28)37)32-27(33-25)19-5-4-17(2)35(15-19)18(3)36/h6-12,17,19,21H,4-5,13-15H2,1-3H3,(H2,28,37)(H,30,31,32,33)/t17-,19+/m0/s1. The van der Waals surface area contributed by atoms with Crippen LogP contribution in [0, 0.1) is 12.8 Å². The molecule has 0 aromatic carbocycles. The van der Waals surface area contributed by atoms with E-state index in [-0.39, 0.29) is 29.7 Å². The van der Waals surface area contributed by atoms with Gasteiger partial charge in [-0.15, -0.1) is 0 Å². The lowest BCUT2D eigenvalue weighted by Crippen LogP contribution is -2.52. The van der Waals surface area contributed by atoms with Crippen LogP contribution in [0.2, 0.25) is 0 Å². The number of carbonyl (C=O) groups is 2. The van der Waals surface area contributed by atoms with Crippen molar-refractivity contribution in [3.8, 4) is 11.3 Å². The highest BCUT2D eigenvalue weighted by molar-refractivity contribution is 5.80. The van der Waals surface area contributed by atoms with Gasteiger partial charge in [-0.2, -0.15) is 0 Å². The topological polar surface area (TPSA) is 130 Å². The first-order valence-electron chi connectivity index (χ1n) is 12.6. The quantitative estimate of drug-likeness (QED) is 0.528. The zero-order chi connectivity index (χ0) is 26.1. The van der Waals surface area contributed by atoms with Crippen molar-refractivity contribution in [3.05, 3.63) is 54.4 Å².